The van der Waals surface area contributed by atoms with E-state index in [-0.39, 0.29) is 22.9 Å². The summed E-state index contributed by atoms with van der Waals surface area (Å²) in [4.78, 5) is 19.7. The summed E-state index contributed by atoms with van der Waals surface area (Å²) in [5, 5.41) is 9.49. The van der Waals surface area contributed by atoms with Gasteiger partial charge in [0.2, 0.25) is 11.8 Å². The predicted molar refractivity (Wildman–Crippen MR) is 103 cm³/mol. The molecule has 0 radical (unpaired) electrons. The number of hydrogen-bond donors (Lipinski definition) is 1. The van der Waals surface area contributed by atoms with Crippen molar-refractivity contribution >= 4 is 11.5 Å². The van der Waals surface area contributed by atoms with E-state index >= 15 is 0 Å². The molecule has 0 aliphatic carbocycles. The number of methoxy groups -OCH3 is 1. The zero-order valence-electron chi connectivity index (χ0n) is 15.3. The second-order valence-corrected chi connectivity index (χ2v) is 5.56. The molecule has 3 aromatic rings. The summed E-state index contributed by atoms with van der Waals surface area (Å²) in [6.07, 6.45) is 2.68. The van der Waals surface area contributed by atoms with Gasteiger partial charge in [-0.1, -0.05) is 30.3 Å². The van der Waals surface area contributed by atoms with Gasteiger partial charge in [0, 0.05) is 6.07 Å². The van der Waals surface area contributed by atoms with E-state index in [0.717, 1.165) is 0 Å². The Bertz CT molecular complexity index is 1000. The Morgan fingerprint density at radius 3 is 2.21 bits per heavy atom. The largest absolute Gasteiger partial charge is 0.480 e. The van der Waals surface area contributed by atoms with Gasteiger partial charge in [-0.3, -0.25) is 0 Å². The number of para-hydroxylation sites is 1. The fraction of sp³-hybridized carbons (Fsp3) is 0.0952. The first-order chi connectivity index (χ1) is 13.6. The van der Waals surface area contributed by atoms with Crippen LogP contribution in [0.1, 0.15) is 12.5 Å². The molecule has 0 fully saturated rings. The summed E-state index contributed by atoms with van der Waals surface area (Å²) in [6.45, 7) is 1.61. The van der Waals surface area contributed by atoms with Crippen LogP contribution in [0.5, 0.6) is 29.0 Å². The normalized spacial score (nSPS) is 11.0. The lowest BCUT2D eigenvalue weighted by molar-refractivity contribution is -0.130. The molecule has 1 aromatic heterocycles. The lowest BCUT2D eigenvalue weighted by atomic mass is 10.1. The van der Waals surface area contributed by atoms with Gasteiger partial charge in [-0.25, -0.2) is 14.8 Å². The fourth-order valence-corrected chi connectivity index (χ4v) is 2.53. The number of aliphatic carboxylic acids is 1. The van der Waals surface area contributed by atoms with E-state index in [1.165, 1.54) is 19.5 Å². The molecule has 0 aliphatic rings. The van der Waals surface area contributed by atoms with Gasteiger partial charge in [0.25, 0.3) is 0 Å². The molecule has 0 spiro atoms. The van der Waals surface area contributed by atoms with Crippen LogP contribution in [-0.2, 0) is 4.79 Å². The zero-order chi connectivity index (χ0) is 19.9. The van der Waals surface area contributed by atoms with Crippen LogP contribution in [0.4, 0.5) is 0 Å². The Kier molecular flexibility index (Phi) is 5.86. The monoisotopic (exact) mass is 378 g/mol. The van der Waals surface area contributed by atoms with Crippen molar-refractivity contribution < 1.29 is 24.1 Å². The van der Waals surface area contributed by atoms with Crippen LogP contribution in [0.3, 0.4) is 0 Å². The van der Waals surface area contributed by atoms with Gasteiger partial charge in [-0.2, -0.15) is 0 Å². The smallest absolute Gasteiger partial charge is 0.336 e. The molecule has 3 rings (SSSR count). The first kappa shape index (κ1) is 18.9. The van der Waals surface area contributed by atoms with Crippen molar-refractivity contribution in [1.29, 1.82) is 0 Å². The average molecular weight is 378 g/mol. The maximum atomic E-state index is 11.6. The minimum Gasteiger partial charge on any atom is -0.480 e. The van der Waals surface area contributed by atoms with Crippen molar-refractivity contribution in [3.63, 3.8) is 0 Å². The molecule has 0 saturated heterocycles. The summed E-state index contributed by atoms with van der Waals surface area (Å²) in [7, 11) is 1.40. The molecule has 0 atom stereocenters. The van der Waals surface area contributed by atoms with Gasteiger partial charge in [0.15, 0.2) is 0 Å². The Hall–Kier alpha value is -3.87. The molecule has 0 amide bonds. The van der Waals surface area contributed by atoms with Crippen LogP contribution < -0.4 is 14.2 Å². The number of allylic oxidation sites excluding steroid dienone is 1. The number of carboxylic acid groups (broad SMARTS) is 1. The highest BCUT2D eigenvalue weighted by molar-refractivity contribution is 6.16. The summed E-state index contributed by atoms with van der Waals surface area (Å²) in [5.41, 5.74) is 0.138. The first-order valence-electron chi connectivity index (χ1n) is 8.42. The highest BCUT2D eigenvalue weighted by Crippen LogP contribution is 2.35. The van der Waals surface area contributed by atoms with Gasteiger partial charge in [0.1, 0.15) is 29.1 Å². The molecule has 1 heterocycles. The second kappa shape index (κ2) is 8.68. The number of carboxylic acids is 1. The van der Waals surface area contributed by atoms with Crippen LogP contribution in [0.2, 0.25) is 0 Å². The van der Waals surface area contributed by atoms with Gasteiger partial charge < -0.3 is 19.3 Å². The van der Waals surface area contributed by atoms with Crippen molar-refractivity contribution in [2.75, 3.05) is 7.11 Å². The van der Waals surface area contributed by atoms with E-state index in [4.69, 9.17) is 14.2 Å². The van der Waals surface area contributed by atoms with Gasteiger partial charge >= 0.3 is 5.97 Å². The molecule has 0 unspecified atom stereocenters. The minimum absolute atomic E-state index is 0.0239. The highest BCUT2D eigenvalue weighted by Gasteiger charge is 2.23. The summed E-state index contributed by atoms with van der Waals surface area (Å²) < 4.78 is 16.8. The fourth-order valence-electron chi connectivity index (χ4n) is 2.53. The molecule has 0 saturated carbocycles. The van der Waals surface area contributed by atoms with Gasteiger partial charge in [-0.15, -0.1) is 0 Å². The third kappa shape index (κ3) is 4.27. The SMILES string of the molecule is CC=C(C(=O)O)c1c(OC)ncnc1Oc1cccc(Oc2ccccc2)c1. The zero-order valence-corrected chi connectivity index (χ0v) is 15.3. The van der Waals surface area contributed by atoms with Gasteiger partial charge in [-0.05, 0) is 31.2 Å². The molecule has 142 valence electrons. The van der Waals surface area contributed by atoms with E-state index in [1.807, 2.05) is 30.3 Å². The summed E-state index contributed by atoms with van der Waals surface area (Å²) in [5.74, 6) is 0.719. The molecule has 28 heavy (non-hydrogen) atoms. The van der Waals surface area contributed by atoms with Crippen LogP contribution in [-0.4, -0.2) is 28.2 Å². The lowest BCUT2D eigenvalue weighted by Gasteiger charge is -2.13. The van der Waals surface area contributed by atoms with Crippen LogP contribution in [0, 0.1) is 0 Å². The predicted octanol–water partition coefficient (Wildman–Crippen LogP) is 4.56. The Balaban J connectivity index is 1.94. The van der Waals surface area contributed by atoms with E-state index in [2.05, 4.69) is 9.97 Å². The molecule has 1 N–H and O–H groups in total. The van der Waals surface area contributed by atoms with Crippen LogP contribution in [0.15, 0.2) is 67.0 Å². The highest BCUT2D eigenvalue weighted by atomic mass is 16.5. The van der Waals surface area contributed by atoms with Crippen LogP contribution >= 0.6 is 0 Å². The van der Waals surface area contributed by atoms with Crippen molar-refractivity contribution in [1.82, 2.24) is 9.97 Å². The van der Waals surface area contributed by atoms with E-state index < -0.39 is 5.97 Å². The van der Waals surface area contributed by atoms with E-state index in [9.17, 15) is 9.90 Å². The first-order valence-corrected chi connectivity index (χ1v) is 8.42. The molecule has 0 bridgehead atoms. The molecule has 7 nitrogen and oxygen atoms in total. The van der Waals surface area contributed by atoms with Crippen molar-refractivity contribution in [3.8, 4) is 29.0 Å². The lowest BCUT2D eigenvalue weighted by Crippen LogP contribution is -2.06. The number of nitrogens with zero attached hydrogens (tertiary/aromatic N) is 2. The number of benzene rings is 2. The number of rotatable bonds is 7. The molecule has 7 heteroatoms. The Labute approximate surface area is 161 Å². The van der Waals surface area contributed by atoms with Crippen molar-refractivity contribution in [3.05, 3.63) is 72.6 Å². The molecule has 2 aromatic carbocycles. The minimum atomic E-state index is -1.14. The van der Waals surface area contributed by atoms with Crippen LogP contribution in [0.25, 0.3) is 5.57 Å². The Morgan fingerprint density at radius 2 is 1.57 bits per heavy atom. The third-order valence-electron chi connectivity index (χ3n) is 3.76. The van der Waals surface area contributed by atoms with Gasteiger partial charge in [0.05, 0.1) is 12.7 Å². The standard InChI is InChI=1S/C21H18N2O5/c1-3-17(21(24)25)18-19(26-2)22-13-23-20(18)28-16-11-7-10-15(12-16)27-14-8-5-4-6-9-14/h3-13H,1-2H3,(H,24,25). The number of aromatic nitrogens is 2. The van der Waals surface area contributed by atoms with E-state index in [0.29, 0.717) is 17.2 Å². The topological polar surface area (TPSA) is 90.8 Å². The number of ether oxygens (including phenoxy) is 3. The average Bonchev–Trinajstić information content (AvgIpc) is 2.70. The van der Waals surface area contributed by atoms with Crippen molar-refractivity contribution in [2.45, 2.75) is 6.92 Å². The maximum absolute atomic E-state index is 11.6. The Morgan fingerprint density at radius 1 is 0.929 bits per heavy atom. The van der Waals surface area contributed by atoms with Crippen molar-refractivity contribution in [2.24, 2.45) is 0 Å². The summed E-state index contributed by atoms with van der Waals surface area (Å²) in [6, 6.07) is 16.3. The van der Waals surface area contributed by atoms with E-state index in [1.54, 1.807) is 31.2 Å². The molecule has 0 aliphatic heterocycles. The second-order valence-electron chi connectivity index (χ2n) is 5.56. The molecular weight excluding hydrogens is 360 g/mol. The summed E-state index contributed by atoms with van der Waals surface area (Å²) >= 11 is 0. The number of carbonyl (C=O) groups is 1. The maximum Gasteiger partial charge on any atom is 0.336 e. The third-order valence-corrected chi connectivity index (χ3v) is 3.76. The molecular formula is C21H18N2O5. The quantitative estimate of drug-likeness (QED) is 0.603. The number of hydrogen-bond acceptors (Lipinski definition) is 6.